The van der Waals surface area contributed by atoms with Crippen LogP contribution in [0.1, 0.15) is 49.0 Å². The molecule has 2 aromatic carbocycles. The maximum Gasteiger partial charge on any atom is 0.221 e. The Morgan fingerprint density at radius 1 is 1.00 bits per heavy atom. The number of ketones is 1. The zero-order valence-corrected chi connectivity index (χ0v) is 14.0. The van der Waals surface area contributed by atoms with E-state index in [2.05, 4.69) is 5.32 Å². The highest BCUT2D eigenvalue weighted by molar-refractivity contribution is 5.97. The van der Waals surface area contributed by atoms with Crippen molar-refractivity contribution in [3.8, 4) is 0 Å². The van der Waals surface area contributed by atoms with Crippen molar-refractivity contribution < 1.29 is 14.0 Å². The molecular weight excluding hydrogens is 305 g/mol. The largest absolute Gasteiger partial charge is 0.347 e. The number of rotatable bonds is 7. The molecule has 24 heavy (non-hydrogen) atoms. The van der Waals surface area contributed by atoms with Crippen molar-refractivity contribution in [3.05, 3.63) is 71.5 Å². The van der Waals surface area contributed by atoms with Crippen LogP contribution in [0.5, 0.6) is 0 Å². The van der Waals surface area contributed by atoms with Crippen LogP contribution in [0.2, 0.25) is 0 Å². The van der Waals surface area contributed by atoms with Gasteiger partial charge in [0.05, 0.1) is 5.54 Å². The van der Waals surface area contributed by atoms with E-state index in [-0.39, 0.29) is 30.3 Å². The summed E-state index contributed by atoms with van der Waals surface area (Å²) in [7, 11) is 0. The van der Waals surface area contributed by atoms with Crippen LogP contribution in [0.15, 0.2) is 54.6 Å². The third kappa shape index (κ3) is 4.51. The summed E-state index contributed by atoms with van der Waals surface area (Å²) in [5.41, 5.74) is 0.994. The summed E-state index contributed by atoms with van der Waals surface area (Å²) in [5.74, 6) is -0.715. The Labute approximate surface area is 141 Å². The van der Waals surface area contributed by atoms with Crippen LogP contribution in [-0.4, -0.2) is 11.7 Å². The fourth-order valence-corrected chi connectivity index (χ4v) is 2.55. The number of carbonyl (C=O) groups excluding carboxylic acids is 2. The lowest BCUT2D eigenvalue weighted by molar-refractivity contribution is -0.123. The van der Waals surface area contributed by atoms with Crippen molar-refractivity contribution in [1.29, 1.82) is 0 Å². The maximum absolute atomic E-state index is 12.9. The highest BCUT2D eigenvalue weighted by Crippen LogP contribution is 2.24. The van der Waals surface area contributed by atoms with Gasteiger partial charge in [0, 0.05) is 18.4 Å². The van der Waals surface area contributed by atoms with Crippen LogP contribution in [0.4, 0.5) is 4.39 Å². The quantitative estimate of drug-likeness (QED) is 0.774. The van der Waals surface area contributed by atoms with Gasteiger partial charge < -0.3 is 5.32 Å². The lowest BCUT2D eigenvalue weighted by atomic mass is 9.89. The third-order valence-electron chi connectivity index (χ3n) is 4.28. The fourth-order valence-electron chi connectivity index (χ4n) is 2.55. The second-order valence-electron chi connectivity index (χ2n) is 6.03. The molecule has 0 saturated heterocycles. The second-order valence-corrected chi connectivity index (χ2v) is 6.03. The van der Waals surface area contributed by atoms with E-state index in [4.69, 9.17) is 0 Å². The molecule has 0 bridgehead atoms. The Bertz CT molecular complexity index is 697. The summed E-state index contributed by atoms with van der Waals surface area (Å²) < 4.78 is 12.9. The molecule has 1 N–H and O–H groups in total. The second kappa shape index (κ2) is 7.86. The SMILES string of the molecule is CCC(C)(NC(=O)CCC(=O)c1ccc(F)cc1)c1ccccc1. The lowest BCUT2D eigenvalue weighted by Crippen LogP contribution is -2.43. The van der Waals surface area contributed by atoms with E-state index in [1.54, 1.807) is 0 Å². The summed E-state index contributed by atoms with van der Waals surface area (Å²) in [4.78, 5) is 24.3. The molecule has 0 radical (unpaired) electrons. The highest BCUT2D eigenvalue weighted by atomic mass is 19.1. The van der Waals surface area contributed by atoms with E-state index in [1.807, 2.05) is 44.2 Å². The van der Waals surface area contributed by atoms with Gasteiger partial charge in [-0.25, -0.2) is 4.39 Å². The minimum absolute atomic E-state index is 0.103. The van der Waals surface area contributed by atoms with Gasteiger partial charge in [-0.15, -0.1) is 0 Å². The zero-order valence-electron chi connectivity index (χ0n) is 14.0. The Kier molecular flexibility index (Phi) is 5.85. The molecule has 4 heteroatoms. The molecule has 2 aromatic rings. The number of benzene rings is 2. The Balaban J connectivity index is 1.94. The molecule has 1 amide bonds. The van der Waals surface area contributed by atoms with Crippen LogP contribution in [0.25, 0.3) is 0 Å². The Morgan fingerprint density at radius 3 is 2.21 bits per heavy atom. The first-order valence-corrected chi connectivity index (χ1v) is 8.10. The topological polar surface area (TPSA) is 46.2 Å². The van der Waals surface area contributed by atoms with Gasteiger partial charge in [0.15, 0.2) is 5.78 Å². The minimum Gasteiger partial charge on any atom is -0.347 e. The van der Waals surface area contributed by atoms with E-state index >= 15 is 0 Å². The van der Waals surface area contributed by atoms with Gasteiger partial charge in [-0.3, -0.25) is 9.59 Å². The molecule has 1 unspecified atom stereocenters. The summed E-state index contributed by atoms with van der Waals surface area (Å²) in [6, 6.07) is 15.1. The van der Waals surface area contributed by atoms with Crippen LogP contribution in [-0.2, 0) is 10.3 Å². The summed E-state index contributed by atoms with van der Waals surface area (Å²) >= 11 is 0. The van der Waals surface area contributed by atoms with E-state index in [0.29, 0.717) is 5.56 Å². The van der Waals surface area contributed by atoms with E-state index < -0.39 is 5.54 Å². The molecule has 0 heterocycles. The number of halogens is 1. The van der Waals surface area contributed by atoms with Gasteiger partial charge in [0.25, 0.3) is 0 Å². The maximum atomic E-state index is 12.9. The average molecular weight is 327 g/mol. The standard InChI is InChI=1S/C20H22FNO2/c1-3-20(2,16-7-5-4-6-8-16)22-19(24)14-13-18(23)15-9-11-17(21)12-10-15/h4-12H,3,13-14H2,1-2H3,(H,22,24). The van der Waals surface area contributed by atoms with Crippen molar-refractivity contribution in [2.24, 2.45) is 0 Å². The van der Waals surface area contributed by atoms with E-state index in [9.17, 15) is 14.0 Å². The van der Waals surface area contributed by atoms with Crippen LogP contribution in [0.3, 0.4) is 0 Å². The number of hydrogen-bond acceptors (Lipinski definition) is 2. The summed E-state index contributed by atoms with van der Waals surface area (Å²) in [6.07, 6.45) is 0.958. The molecule has 1 atom stereocenters. The normalized spacial score (nSPS) is 13.1. The van der Waals surface area contributed by atoms with Crippen LogP contribution < -0.4 is 5.32 Å². The predicted molar refractivity (Wildman–Crippen MR) is 92.2 cm³/mol. The van der Waals surface area contributed by atoms with Crippen molar-refractivity contribution >= 4 is 11.7 Å². The molecular formula is C20H22FNO2. The molecule has 0 saturated carbocycles. The number of Topliss-reactive ketones (excluding diaryl/α,β-unsaturated/α-hetero) is 1. The first-order chi connectivity index (χ1) is 11.4. The van der Waals surface area contributed by atoms with Gasteiger partial charge in [-0.2, -0.15) is 0 Å². The predicted octanol–water partition coefficient (Wildman–Crippen LogP) is 4.23. The van der Waals surface area contributed by atoms with Crippen molar-refractivity contribution in [2.75, 3.05) is 0 Å². The van der Waals surface area contributed by atoms with Gasteiger partial charge >= 0.3 is 0 Å². The molecule has 0 aliphatic heterocycles. The first-order valence-electron chi connectivity index (χ1n) is 8.10. The number of carbonyl (C=O) groups is 2. The average Bonchev–Trinajstić information content (AvgIpc) is 2.61. The minimum atomic E-state index is -0.461. The van der Waals surface area contributed by atoms with Crippen molar-refractivity contribution in [3.63, 3.8) is 0 Å². The summed E-state index contributed by atoms with van der Waals surface area (Å²) in [6.45, 7) is 3.99. The molecule has 3 nitrogen and oxygen atoms in total. The third-order valence-corrected chi connectivity index (χ3v) is 4.28. The van der Waals surface area contributed by atoms with Gasteiger partial charge in [0.1, 0.15) is 5.82 Å². The van der Waals surface area contributed by atoms with Crippen molar-refractivity contribution in [1.82, 2.24) is 5.32 Å². The van der Waals surface area contributed by atoms with Crippen LogP contribution >= 0.6 is 0 Å². The molecule has 0 aliphatic carbocycles. The Hall–Kier alpha value is -2.49. The molecule has 0 aromatic heterocycles. The Morgan fingerprint density at radius 2 is 1.62 bits per heavy atom. The smallest absolute Gasteiger partial charge is 0.221 e. The molecule has 126 valence electrons. The zero-order chi connectivity index (χ0) is 17.6. The molecule has 0 aliphatic rings. The number of nitrogens with one attached hydrogen (secondary N) is 1. The molecule has 0 spiro atoms. The molecule has 2 rings (SSSR count). The lowest BCUT2D eigenvalue weighted by Gasteiger charge is -2.30. The monoisotopic (exact) mass is 327 g/mol. The van der Waals surface area contributed by atoms with Gasteiger partial charge in [-0.05, 0) is 43.2 Å². The van der Waals surface area contributed by atoms with E-state index in [0.717, 1.165) is 12.0 Å². The van der Waals surface area contributed by atoms with Gasteiger partial charge in [0.2, 0.25) is 5.91 Å². The number of hydrogen-bond donors (Lipinski definition) is 1. The van der Waals surface area contributed by atoms with Gasteiger partial charge in [-0.1, -0.05) is 37.3 Å². The summed E-state index contributed by atoms with van der Waals surface area (Å²) in [5, 5.41) is 3.02. The highest BCUT2D eigenvalue weighted by Gasteiger charge is 2.26. The van der Waals surface area contributed by atoms with E-state index in [1.165, 1.54) is 24.3 Å². The van der Waals surface area contributed by atoms with Crippen LogP contribution in [0, 0.1) is 5.82 Å². The van der Waals surface area contributed by atoms with Crippen molar-refractivity contribution in [2.45, 2.75) is 38.6 Å². The number of amides is 1. The molecule has 0 fully saturated rings. The fraction of sp³-hybridized carbons (Fsp3) is 0.300. The first kappa shape index (κ1) is 17.9.